The van der Waals surface area contributed by atoms with Gasteiger partial charge in [-0.15, -0.1) is 0 Å². The maximum absolute atomic E-state index is 10.7. The number of rotatable bonds is 2. The van der Waals surface area contributed by atoms with Crippen LogP contribution < -0.4 is 5.73 Å². The zero-order valence-electron chi connectivity index (χ0n) is 7.96. The second-order valence-corrected chi connectivity index (χ2v) is 3.68. The molecule has 78 valence electrons. The third-order valence-corrected chi connectivity index (χ3v) is 2.05. The van der Waals surface area contributed by atoms with Gasteiger partial charge in [0.15, 0.2) is 0 Å². The highest BCUT2D eigenvalue weighted by Gasteiger charge is 2.04. The lowest BCUT2D eigenvalue weighted by atomic mass is 10.1. The quantitative estimate of drug-likeness (QED) is 0.490. The van der Waals surface area contributed by atoms with E-state index in [0.29, 0.717) is 11.3 Å². The van der Waals surface area contributed by atoms with Crippen molar-refractivity contribution in [3.8, 4) is 11.8 Å². The van der Waals surface area contributed by atoms with Crippen LogP contribution in [-0.2, 0) is 0 Å². The molecule has 0 heterocycles. The first-order valence-corrected chi connectivity index (χ1v) is 5.44. The van der Waals surface area contributed by atoms with E-state index in [-0.39, 0.29) is 5.56 Å². The molecule has 1 aromatic rings. The monoisotopic (exact) mass is 267 g/mol. The molecule has 1 aromatic carbocycles. The highest BCUT2D eigenvalue weighted by molar-refractivity contribution is 9.09. The molecule has 0 radical (unpaired) electrons. The van der Waals surface area contributed by atoms with Crippen molar-refractivity contribution in [3.05, 3.63) is 29.3 Å². The number of anilines is 1. The van der Waals surface area contributed by atoms with Crippen molar-refractivity contribution in [2.45, 2.75) is 6.42 Å². The summed E-state index contributed by atoms with van der Waals surface area (Å²) in [7, 11) is 0. The second kappa shape index (κ2) is 5.42. The largest absolute Gasteiger partial charge is 0.478 e. The van der Waals surface area contributed by atoms with E-state index in [2.05, 4.69) is 27.8 Å². The molecule has 1 rings (SSSR count). The summed E-state index contributed by atoms with van der Waals surface area (Å²) < 4.78 is 0. The Morgan fingerprint density at radius 2 is 2.20 bits per heavy atom. The molecule has 4 heteroatoms. The average Bonchev–Trinajstić information content (AvgIpc) is 2.17. The molecule has 3 nitrogen and oxygen atoms in total. The smallest absolute Gasteiger partial charge is 0.335 e. The predicted molar refractivity (Wildman–Crippen MR) is 63.1 cm³/mol. The molecule has 0 saturated carbocycles. The SMILES string of the molecule is Nc1cc(C#CCCBr)cc(C(=O)O)c1. The summed E-state index contributed by atoms with van der Waals surface area (Å²) in [5, 5.41) is 9.59. The van der Waals surface area contributed by atoms with Crippen molar-refractivity contribution in [1.82, 2.24) is 0 Å². The maximum Gasteiger partial charge on any atom is 0.335 e. The van der Waals surface area contributed by atoms with Crippen molar-refractivity contribution in [2.24, 2.45) is 0 Å². The molecule has 0 bridgehead atoms. The van der Waals surface area contributed by atoms with E-state index in [1.165, 1.54) is 12.1 Å². The predicted octanol–water partition coefficient (Wildman–Crippen LogP) is 2.10. The minimum atomic E-state index is -0.995. The summed E-state index contributed by atoms with van der Waals surface area (Å²) in [5.74, 6) is 4.76. The summed E-state index contributed by atoms with van der Waals surface area (Å²) in [6, 6.07) is 4.59. The Kier molecular flexibility index (Phi) is 4.19. The molecule has 3 N–H and O–H groups in total. The third kappa shape index (κ3) is 3.64. The molecule has 0 aromatic heterocycles. The van der Waals surface area contributed by atoms with Crippen LogP contribution >= 0.6 is 15.9 Å². The van der Waals surface area contributed by atoms with E-state index >= 15 is 0 Å². The highest BCUT2D eigenvalue weighted by atomic mass is 79.9. The van der Waals surface area contributed by atoms with Gasteiger partial charge >= 0.3 is 5.97 Å². The molecule has 0 aliphatic heterocycles. The van der Waals surface area contributed by atoms with Crippen molar-refractivity contribution < 1.29 is 9.90 Å². The fourth-order valence-corrected chi connectivity index (χ4v) is 1.26. The Labute approximate surface area is 96.4 Å². The normalized spacial score (nSPS) is 9.13. The molecule has 0 spiro atoms. The van der Waals surface area contributed by atoms with Crippen LogP contribution in [-0.4, -0.2) is 16.4 Å². The summed E-state index contributed by atoms with van der Waals surface area (Å²) in [4.78, 5) is 10.7. The molecule has 15 heavy (non-hydrogen) atoms. The lowest BCUT2D eigenvalue weighted by Crippen LogP contribution is -1.98. The van der Waals surface area contributed by atoms with Gasteiger partial charge < -0.3 is 10.8 Å². The van der Waals surface area contributed by atoms with Gasteiger partial charge in [-0.2, -0.15) is 0 Å². The number of hydrogen-bond acceptors (Lipinski definition) is 2. The van der Waals surface area contributed by atoms with Gasteiger partial charge in [-0.1, -0.05) is 27.8 Å². The minimum absolute atomic E-state index is 0.165. The van der Waals surface area contributed by atoms with E-state index in [9.17, 15) is 4.79 Å². The Bertz CT molecular complexity index is 432. The lowest BCUT2D eigenvalue weighted by molar-refractivity contribution is 0.0697. The first kappa shape index (κ1) is 11.6. The number of benzene rings is 1. The second-order valence-electron chi connectivity index (χ2n) is 2.89. The molecular weight excluding hydrogens is 258 g/mol. The van der Waals surface area contributed by atoms with Gasteiger partial charge in [0.2, 0.25) is 0 Å². The topological polar surface area (TPSA) is 63.3 Å². The summed E-state index contributed by atoms with van der Waals surface area (Å²) in [5.41, 5.74) is 6.77. The average molecular weight is 268 g/mol. The van der Waals surface area contributed by atoms with Crippen LogP contribution in [0, 0.1) is 11.8 Å². The number of nitrogens with two attached hydrogens (primary N) is 1. The van der Waals surface area contributed by atoms with Crippen LogP contribution in [0.4, 0.5) is 5.69 Å². The first-order valence-electron chi connectivity index (χ1n) is 4.32. The number of carboxylic acids is 1. The number of carbonyl (C=O) groups is 1. The molecule has 0 aliphatic carbocycles. The van der Waals surface area contributed by atoms with Crippen LogP contribution in [0.5, 0.6) is 0 Å². The minimum Gasteiger partial charge on any atom is -0.478 e. The summed E-state index contributed by atoms with van der Waals surface area (Å²) in [6.07, 6.45) is 0.719. The van der Waals surface area contributed by atoms with Gasteiger partial charge in [0.05, 0.1) is 5.56 Å². The Hall–Kier alpha value is -1.47. The molecule has 0 aliphatic rings. The van der Waals surface area contributed by atoms with E-state index in [4.69, 9.17) is 10.8 Å². The number of aromatic carboxylic acids is 1. The van der Waals surface area contributed by atoms with Crippen LogP contribution in [0.2, 0.25) is 0 Å². The standard InChI is InChI=1S/C11H10BrNO2/c12-4-2-1-3-8-5-9(11(14)15)7-10(13)6-8/h5-7H,2,4,13H2,(H,14,15). The summed E-state index contributed by atoms with van der Waals surface area (Å²) >= 11 is 3.25. The lowest BCUT2D eigenvalue weighted by Gasteiger charge is -1.98. The summed E-state index contributed by atoms with van der Waals surface area (Å²) in [6.45, 7) is 0. The Morgan fingerprint density at radius 1 is 1.47 bits per heavy atom. The van der Waals surface area contributed by atoms with Crippen LogP contribution in [0.1, 0.15) is 22.3 Å². The fourth-order valence-electron chi connectivity index (χ4n) is 1.06. The van der Waals surface area contributed by atoms with E-state index in [1.54, 1.807) is 6.07 Å². The molecule has 0 unspecified atom stereocenters. The van der Waals surface area contributed by atoms with Gasteiger partial charge in [-0.25, -0.2) is 4.79 Å². The van der Waals surface area contributed by atoms with E-state index in [1.807, 2.05) is 0 Å². The molecule has 0 fully saturated rings. The Morgan fingerprint density at radius 3 is 2.80 bits per heavy atom. The molecule has 0 saturated heterocycles. The third-order valence-electron chi connectivity index (χ3n) is 1.65. The van der Waals surface area contributed by atoms with Gasteiger partial charge in [0, 0.05) is 23.0 Å². The van der Waals surface area contributed by atoms with Crippen LogP contribution in [0.3, 0.4) is 0 Å². The Balaban J connectivity index is 3.00. The van der Waals surface area contributed by atoms with Crippen molar-refractivity contribution in [2.75, 3.05) is 11.1 Å². The first-order chi connectivity index (χ1) is 7.13. The van der Waals surface area contributed by atoms with Crippen molar-refractivity contribution in [3.63, 3.8) is 0 Å². The van der Waals surface area contributed by atoms with Crippen LogP contribution in [0.15, 0.2) is 18.2 Å². The molecular formula is C11H10BrNO2. The zero-order valence-corrected chi connectivity index (χ0v) is 9.54. The van der Waals surface area contributed by atoms with Crippen molar-refractivity contribution in [1.29, 1.82) is 0 Å². The number of halogens is 1. The highest BCUT2D eigenvalue weighted by Crippen LogP contribution is 2.11. The molecule has 0 atom stereocenters. The van der Waals surface area contributed by atoms with E-state index < -0.39 is 5.97 Å². The van der Waals surface area contributed by atoms with Gasteiger partial charge in [-0.3, -0.25) is 0 Å². The maximum atomic E-state index is 10.7. The van der Waals surface area contributed by atoms with E-state index in [0.717, 1.165) is 11.8 Å². The van der Waals surface area contributed by atoms with Gasteiger partial charge in [0.25, 0.3) is 0 Å². The zero-order chi connectivity index (χ0) is 11.3. The van der Waals surface area contributed by atoms with Gasteiger partial charge in [0.1, 0.15) is 0 Å². The van der Waals surface area contributed by atoms with Gasteiger partial charge in [-0.05, 0) is 18.2 Å². The number of carboxylic acid groups (broad SMARTS) is 1. The van der Waals surface area contributed by atoms with Crippen molar-refractivity contribution >= 4 is 27.6 Å². The fraction of sp³-hybridized carbons (Fsp3) is 0.182. The number of hydrogen-bond donors (Lipinski definition) is 2. The van der Waals surface area contributed by atoms with Crippen LogP contribution in [0.25, 0.3) is 0 Å². The number of alkyl halides is 1. The molecule has 0 amide bonds. The number of nitrogen functional groups attached to an aromatic ring is 1.